The molecule has 2 rings (SSSR count). The Bertz CT molecular complexity index is 521. The van der Waals surface area contributed by atoms with Crippen molar-refractivity contribution in [1.29, 1.82) is 0 Å². The van der Waals surface area contributed by atoms with Gasteiger partial charge in [0.25, 0.3) is 0 Å². The number of hydrogen-bond acceptors (Lipinski definition) is 3. The van der Waals surface area contributed by atoms with Gasteiger partial charge in [-0.05, 0) is 12.1 Å². The van der Waals surface area contributed by atoms with Crippen LogP contribution in [0.15, 0.2) is 29.6 Å². The van der Waals surface area contributed by atoms with E-state index in [4.69, 9.17) is 4.74 Å². The number of ether oxygens (including phenoxy) is 1. The minimum Gasteiger partial charge on any atom is -0.497 e. The smallest absolute Gasteiger partial charge is 0.443 e. The predicted molar refractivity (Wildman–Crippen MR) is 59.1 cm³/mol. The second kappa shape index (κ2) is 4.37. The van der Waals surface area contributed by atoms with Gasteiger partial charge in [-0.15, -0.1) is 11.3 Å². The van der Waals surface area contributed by atoms with Crippen LogP contribution in [0.5, 0.6) is 5.75 Å². The van der Waals surface area contributed by atoms with Gasteiger partial charge in [0.05, 0.1) is 12.8 Å². The van der Waals surface area contributed by atoms with Gasteiger partial charge in [-0.2, -0.15) is 13.2 Å². The highest BCUT2D eigenvalue weighted by molar-refractivity contribution is 7.10. The maximum absolute atomic E-state index is 12.4. The molecule has 1 heterocycles. The second-order valence-corrected chi connectivity index (χ2v) is 4.13. The molecule has 0 atom stereocenters. The summed E-state index contributed by atoms with van der Waals surface area (Å²) in [6, 6.07) is 6.77. The van der Waals surface area contributed by atoms with Gasteiger partial charge >= 0.3 is 6.18 Å². The van der Waals surface area contributed by atoms with Crippen LogP contribution in [0.2, 0.25) is 0 Å². The summed E-state index contributed by atoms with van der Waals surface area (Å²) >= 11 is 0.588. The van der Waals surface area contributed by atoms with Crippen LogP contribution < -0.4 is 4.74 Å². The molecular weight excluding hydrogens is 251 g/mol. The zero-order valence-electron chi connectivity index (χ0n) is 8.78. The molecule has 0 radical (unpaired) electrons. The molecule has 2 nitrogen and oxygen atoms in total. The Morgan fingerprint density at radius 3 is 2.65 bits per heavy atom. The summed E-state index contributed by atoms with van der Waals surface area (Å²) in [5.41, 5.74) is 0.914. The molecule has 0 saturated carbocycles. The molecule has 0 amide bonds. The standard InChI is InChI=1S/C11H8F3NOS/c1-16-8-4-2-3-7(5-8)9-6-17-10(15-9)11(12,13)14/h2-6H,1H3. The van der Waals surface area contributed by atoms with Gasteiger partial charge in [-0.1, -0.05) is 12.1 Å². The van der Waals surface area contributed by atoms with Crippen LogP contribution in [-0.2, 0) is 6.18 Å². The number of rotatable bonds is 2. The van der Waals surface area contributed by atoms with E-state index in [0.717, 1.165) is 0 Å². The number of aromatic nitrogens is 1. The average molecular weight is 259 g/mol. The van der Waals surface area contributed by atoms with Crippen LogP contribution >= 0.6 is 11.3 Å². The third kappa shape index (κ3) is 2.58. The Kier molecular flexibility index (Phi) is 3.06. The van der Waals surface area contributed by atoms with Crippen molar-refractivity contribution in [2.45, 2.75) is 6.18 Å². The Balaban J connectivity index is 2.37. The molecule has 0 aliphatic rings. The van der Waals surface area contributed by atoms with Gasteiger partial charge in [0.15, 0.2) is 5.01 Å². The molecular formula is C11H8F3NOS. The fourth-order valence-corrected chi connectivity index (χ4v) is 2.02. The molecule has 0 unspecified atom stereocenters. The Morgan fingerprint density at radius 2 is 2.06 bits per heavy atom. The van der Waals surface area contributed by atoms with Crippen molar-refractivity contribution in [2.75, 3.05) is 7.11 Å². The van der Waals surface area contributed by atoms with Crippen LogP contribution in [0.25, 0.3) is 11.3 Å². The molecule has 1 aromatic heterocycles. The van der Waals surface area contributed by atoms with Crippen molar-refractivity contribution in [3.8, 4) is 17.0 Å². The number of halogens is 3. The van der Waals surface area contributed by atoms with Gasteiger partial charge in [-0.25, -0.2) is 4.98 Å². The van der Waals surface area contributed by atoms with Gasteiger partial charge in [-0.3, -0.25) is 0 Å². The highest BCUT2D eigenvalue weighted by Crippen LogP contribution is 2.34. The third-order valence-electron chi connectivity index (χ3n) is 2.11. The van der Waals surface area contributed by atoms with Crippen molar-refractivity contribution in [2.24, 2.45) is 0 Å². The lowest BCUT2D eigenvalue weighted by Crippen LogP contribution is -2.03. The zero-order chi connectivity index (χ0) is 12.5. The maximum Gasteiger partial charge on any atom is 0.443 e. The lowest BCUT2D eigenvalue weighted by molar-refractivity contribution is -0.137. The first-order valence-electron chi connectivity index (χ1n) is 4.68. The average Bonchev–Trinajstić information content (AvgIpc) is 2.78. The first kappa shape index (κ1) is 11.9. The van der Waals surface area contributed by atoms with E-state index in [0.29, 0.717) is 28.3 Å². The van der Waals surface area contributed by atoms with E-state index < -0.39 is 11.2 Å². The Hall–Kier alpha value is -1.56. The SMILES string of the molecule is COc1cccc(-c2csc(C(F)(F)F)n2)c1. The summed E-state index contributed by atoms with van der Waals surface area (Å²) in [5, 5.41) is 0.549. The normalized spacial score (nSPS) is 11.5. The minimum absolute atomic E-state index is 0.307. The number of alkyl halides is 3. The lowest BCUT2D eigenvalue weighted by atomic mass is 10.2. The summed E-state index contributed by atoms with van der Waals surface area (Å²) in [7, 11) is 1.50. The number of hydrogen-bond donors (Lipinski definition) is 0. The summed E-state index contributed by atoms with van der Waals surface area (Å²) in [6.07, 6.45) is -4.39. The predicted octanol–water partition coefficient (Wildman–Crippen LogP) is 3.84. The zero-order valence-corrected chi connectivity index (χ0v) is 9.60. The molecule has 17 heavy (non-hydrogen) atoms. The van der Waals surface area contributed by atoms with E-state index in [1.807, 2.05) is 0 Å². The summed E-state index contributed by atoms with van der Waals surface area (Å²) < 4.78 is 42.2. The van der Waals surface area contributed by atoms with Gasteiger partial charge in [0.2, 0.25) is 0 Å². The van der Waals surface area contributed by atoms with E-state index in [9.17, 15) is 13.2 Å². The maximum atomic E-state index is 12.4. The summed E-state index contributed by atoms with van der Waals surface area (Å²) in [4.78, 5) is 3.57. The number of methoxy groups -OCH3 is 1. The quantitative estimate of drug-likeness (QED) is 0.817. The first-order valence-corrected chi connectivity index (χ1v) is 5.56. The van der Waals surface area contributed by atoms with Crippen LogP contribution in [0.1, 0.15) is 5.01 Å². The molecule has 6 heteroatoms. The largest absolute Gasteiger partial charge is 0.497 e. The van der Waals surface area contributed by atoms with Crippen molar-refractivity contribution in [1.82, 2.24) is 4.98 Å². The van der Waals surface area contributed by atoms with Crippen molar-refractivity contribution in [3.05, 3.63) is 34.7 Å². The van der Waals surface area contributed by atoms with Gasteiger partial charge in [0.1, 0.15) is 5.75 Å². The first-order chi connectivity index (χ1) is 8.00. The molecule has 0 spiro atoms. The number of benzene rings is 1. The second-order valence-electron chi connectivity index (χ2n) is 3.27. The van der Waals surface area contributed by atoms with Crippen molar-refractivity contribution < 1.29 is 17.9 Å². The fourth-order valence-electron chi connectivity index (χ4n) is 1.32. The van der Waals surface area contributed by atoms with E-state index in [1.54, 1.807) is 24.3 Å². The molecule has 90 valence electrons. The number of nitrogens with zero attached hydrogens (tertiary/aromatic N) is 1. The summed E-state index contributed by atoms with van der Waals surface area (Å²) in [5.74, 6) is 0.587. The lowest BCUT2D eigenvalue weighted by Gasteiger charge is -2.02. The minimum atomic E-state index is -4.39. The highest BCUT2D eigenvalue weighted by atomic mass is 32.1. The van der Waals surface area contributed by atoms with E-state index in [1.165, 1.54) is 12.5 Å². The van der Waals surface area contributed by atoms with Crippen molar-refractivity contribution >= 4 is 11.3 Å². The van der Waals surface area contributed by atoms with Crippen LogP contribution in [0.4, 0.5) is 13.2 Å². The Labute approximate surface area is 99.7 Å². The molecule has 0 saturated heterocycles. The highest BCUT2D eigenvalue weighted by Gasteiger charge is 2.34. The van der Waals surface area contributed by atoms with E-state index >= 15 is 0 Å². The molecule has 0 aliphatic heterocycles. The molecule has 0 bridgehead atoms. The fraction of sp³-hybridized carbons (Fsp3) is 0.182. The molecule has 1 aromatic carbocycles. The molecule has 2 aromatic rings. The third-order valence-corrected chi connectivity index (χ3v) is 3.00. The van der Waals surface area contributed by atoms with Crippen LogP contribution in [-0.4, -0.2) is 12.1 Å². The van der Waals surface area contributed by atoms with Gasteiger partial charge in [0, 0.05) is 10.9 Å². The molecule has 0 fully saturated rings. The van der Waals surface area contributed by atoms with Crippen LogP contribution in [0, 0.1) is 0 Å². The Morgan fingerprint density at radius 1 is 1.29 bits per heavy atom. The van der Waals surface area contributed by atoms with Crippen LogP contribution in [0.3, 0.4) is 0 Å². The molecule has 0 aliphatic carbocycles. The van der Waals surface area contributed by atoms with Gasteiger partial charge < -0.3 is 4.74 Å². The number of thiazole rings is 1. The monoisotopic (exact) mass is 259 g/mol. The van der Waals surface area contributed by atoms with Crippen molar-refractivity contribution in [3.63, 3.8) is 0 Å². The van der Waals surface area contributed by atoms with E-state index in [-0.39, 0.29) is 0 Å². The molecule has 0 N–H and O–H groups in total. The summed E-state index contributed by atoms with van der Waals surface area (Å²) in [6.45, 7) is 0. The topological polar surface area (TPSA) is 22.1 Å². The van der Waals surface area contributed by atoms with E-state index in [2.05, 4.69) is 4.98 Å².